The largest absolute Gasteiger partial charge is 0.490 e. The zero-order chi connectivity index (χ0) is 22.6. The molecule has 7 nitrogen and oxygen atoms in total. The van der Waals surface area contributed by atoms with Gasteiger partial charge in [0.2, 0.25) is 15.9 Å². The third-order valence-electron chi connectivity index (χ3n) is 5.16. The summed E-state index contributed by atoms with van der Waals surface area (Å²) in [4.78, 5) is 11.7. The molecule has 1 unspecified atom stereocenters. The average molecular weight is 447 g/mol. The Morgan fingerprint density at radius 1 is 1.00 bits per heavy atom. The highest BCUT2D eigenvalue weighted by Gasteiger charge is 2.26. The van der Waals surface area contributed by atoms with Crippen molar-refractivity contribution in [3.8, 4) is 11.5 Å². The predicted molar refractivity (Wildman–Crippen MR) is 120 cm³/mol. The van der Waals surface area contributed by atoms with Crippen LogP contribution in [0.2, 0.25) is 0 Å². The smallest absolute Gasteiger partial charge is 0.241 e. The number of rotatable bonds is 9. The molecule has 2 aromatic rings. The molecule has 2 aromatic carbocycles. The van der Waals surface area contributed by atoms with E-state index in [-0.39, 0.29) is 16.7 Å². The zero-order valence-electron chi connectivity index (χ0n) is 18.4. The van der Waals surface area contributed by atoms with E-state index in [0.717, 1.165) is 11.1 Å². The summed E-state index contributed by atoms with van der Waals surface area (Å²) in [6.07, 6.45) is 0.875. The molecule has 0 saturated carbocycles. The van der Waals surface area contributed by atoms with Crippen LogP contribution in [0.3, 0.4) is 0 Å². The number of aryl methyl sites for hydroxylation is 1. The number of sulfonamides is 1. The summed E-state index contributed by atoms with van der Waals surface area (Å²) in [6.45, 7) is 8.71. The Labute approximate surface area is 184 Å². The van der Waals surface area contributed by atoms with Crippen molar-refractivity contribution in [3.05, 3.63) is 47.5 Å². The molecule has 8 heteroatoms. The van der Waals surface area contributed by atoms with Crippen LogP contribution in [0.25, 0.3) is 0 Å². The fourth-order valence-corrected chi connectivity index (χ4v) is 5.04. The zero-order valence-corrected chi connectivity index (χ0v) is 19.2. The van der Waals surface area contributed by atoms with E-state index in [4.69, 9.17) is 9.47 Å². The van der Waals surface area contributed by atoms with Crippen LogP contribution in [-0.2, 0) is 21.2 Å². The van der Waals surface area contributed by atoms with E-state index in [1.54, 1.807) is 12.1 Å². The van der Waals surface area contributed by atoms with Gasteiger partial charge in [-0.1, -0.05) is 19.9 Å². The Hall–Kier alpha value is -2.58. The standard InChI is InChI=1S/C23H30N2O5S/c1-5-29-20-11-7-17(14-21(20)30-6-2)23(15(3)4)25-31(27,28)18-9-10-19-16(13-18)8-12-22(26)24-19/h7,9-11,13-15,23,25H,5-6,8,12H2,1-4H3,(H,24,26). The summed E-state index contributed by atoms with van der Waals surface area (Å²) in [5.74, 6) is 1.17. The van der Waals surface area contributed by atoms with Crippen molar-refractivity contribution in [2.24, 2.45) is 5.92 Å². The van der Waals surface area contributed by atoms with Gasteiger partial charge in [0, 0.05) is 18.2 Å². The highest BCUT2D eigenvalue weighted by molar-refractivity contribution is 7.89. The van der Waals surface area contributed by atoms with Gasteiger partial charge in [-0.05, 0) is 67.6 Å². The van der Waals surface area contributed by atoms with Gasteiger partial charge in [0.1, 0.15) is 0 Å². The molecule has 1 amide bonds. The van der Waals surface area contributed by atoms with Crippen LogP contribution in [0, 0.1) is 5.92 Å². The van der Waals surface area contributed by atoms with Gasteiger partial charge in [0.25, 0.3) is 0 Å². The number of hydrogen-bond donors (Lipinski definition) is 2. The summed E-state index contributed by atoms with van der Waals surface area (Å²) < 4.78 is 40.6. The first-order valence-corrected chi connectivity index (χ1v) is 12.1. The molecule has 2 N–H and O–H groups in total. The van der Waals surface area contributed by atoms with E-state index in [2.05, 4.69) is 10.0 Å². The first kappa shape index (κ1) is 23.1. The maximum Gasteiger partial charge on any atom is 0.241 e. The summed E-state index contributed by atoms with van der Waals surface area (Å²) in [5.41, 5.74) is 2.29. The third-order valence-corrected chi connectivity index (χ3v) is 6.60. The van der Waals surface area contributed by atoms with E-state index < -0.39 is 16.1 Å². The maximum atomic E-state index is 13.2. The number of nitrogens with one attached hydrogen (secondary N) is 2. The number of carbonyl (C=O) groups is 1. The molecule has 0 aliphatic carbocycles. The molecule has 0 spiro atoms. The molecule has 1 aliphatic heterocycles. The average Bonchev–Trinajstić information content (AvgIpc) is 2.73. The number of carbonyl (C=O) groups excluding carboxylic acids is 1. The minimum absolute atomic E-state index is 0.000824. The summed E-state index contributed by atoms with van der Waals surface area (Å²) in [7, 11) is -3.78. The van der Waals surface area contributed by atoms with Crippen molar-refractivity contribution < 1.29 is 22.7 Å². The van der Waals surface area contributed by atoms with Crippen molar-refractivity contribution in [1.29, 1.82) is 0 Å². The van der Waals surface area contributed by atoms with Crippen LogP contribution in [0.15, 0.2) is 41.3 Å². The molecule has 1 atom stereocenters. The highest BCUT2D eigenvalue weighted by Crippen LogP contribution is 2.34. The second-order valence-electron chi connectivity index (χ2n) is 7.78. The van der Waals surface area contributed by atoms with Crippen molar-refractivity contribution in [2.75, 3.05) is 18.5 Å². The van der Waals surface area contributed by atoms with Crippen LogP contribution in [0.4, 0.5) is 5.69 Å². The van der Waals surface area contributed by atoms with Gasteiger partial charge in [-0.25, -0.2) is 13.1 Å². The van der Waals surface area contributed by atoms with Gasteiger partial charge < -0.3 is 14.8 Å². The SMILES string of the molecule is CCOc1ccc(C(NS(=O)(=O)c2ccc3c(c2)CCC(=O)N3)C(C)C)cc1OCC. The lowest BCUT2D eigenvalue weighted by atomic mass is 9.97. The van der Waals surface area contributed by atoms with Crippen LogP contribution in [0.1, 0.15) is 51.3 Å². The number of benzene rings is 2. The predicted octanol–water partition coefficient (Wildman–Crippen LogP) is 4.04. The topological polar surface area (TPSA) is 93.7 Å². The molecule has 3 rings (SSSR count). The number of ether oxygens (including phenoxy) is 2. The lowest BCUT2D eigenvalue weighted by Crippen LogP contribution is -2.32. The number of anilines is 1. The van der Waals surface area contributed by atoms with E-state index in [0.29, 0.717) is 43.2 Å². The lowest BCUT2D eigenvalue weighted by Gasteiger charge is -2.24. The second kappa shape index (κ2) is 9.70. The first-order valence-electron chi connectivity index (χ1n) is 10.6. The van der Waals surface area contributed by atoms with Crippen LogP contribution in [0.5, 0.6) is 11.5 Å². The second-order valence-corrected chi connectivity index (χ2v) is 9.50. The fraction of sp³-hybridized carbons (Fsp3) is 0.435. The molecule has 168 valence electrons. The Morgan fingerprint density at radius 3 is 2.39 bits per heavy atom. The van der Waals surface area contributed by atoms with Gasteiger partial charge in [0.15, 0.2) is 11.5 Å². The molecule has 0 fully saturated rings. The minimum Gasteiger partial charge on any atom is -0.490 e. The first-order chi connectivity index (χ1) is 14.7. The molecule has 1 aliphatic rings. The Bertz CT molecular complexity index is 1050. The Kier molecular flexibility index (Phi) is 7.23. The van der Waals surface area contributed by atoms with Crippen molar-refractivity contribution in [1.82, 2.24) is 4.72 Å². The molecular weight excluding hydrogens is 416 g/mol. The summed E-state index contributed by atoms with van der Waals surface area (Å²) in [5, 5.41) is 2.78. The molecule has 0 saturated heterocycles. The van der Waals surface area contributed by atoms with Crippen molar-refractivity contribution in [2.45, 2.75) is 51.5 Å². The molecular formula is C23H30N2O5S. The van der Waals surface area contributed by atoms with Gasteiger partial charge >= 0.3 is 0 Å². The van der Waals surface area contributed by atoms with Crippen molar-refractivity contribution >= 4 is 21.6 Å². The van der Waals surface area contributed by atoms with Gasteiger partial charge in [-0.3, -0.25) is 4.79 Å². The van der Waals surface area contributed by atoms with E-state index in [1.807, 2.05) is 45.9 Å². The third kappa shape index (κ3) is 5.37. The fourth-order valence-electron chi connectivity index (χ4n) is 3.61. The van der Waals surface area contributed by atoms with Crippen LogP contribution in [-0.4, -0.2) is 27.5 Å². The molecule has 1 heterocycles. The highest BCUT2D eigenvalue weighted by atomic mass is 32.2. The number of hydrogen-bond acceptors (Lipinski definition) is 5. The van der Waals surface area contributed by atoms with Gasteiger partial charge in [-0.15, -0.1) is 0 Å². The maximum absolute atomic E-state index is 13.2. The summed E-state index contributed by atoms with van der Waals surface area (Å²) in [6, 6.07) is 9.87. The molecule has 31 heavy (non-hydrogen) atoms. The number of amides is 1. The van der Waals surface area contributed by atoms with Crippen molar-refractivity contribution in [3.63, 3.8) is 0 Å². The van der Waals surface area contributed by atoms with Crippen LogP contribution >= 0.6 is 0 Å². The van der Waals surface area contributed by atoms with Gasteiger partial charge in [0.05, 0.1) is 18.1 Å². The summed E-state index contributed by atoms with van der Waals surface area (Å²) >= 11 is 0. The Balaban J connectivity index is 1.91. The van der Waals surface area contributed by atoms with Gasteiger partial charge in [-0.2, -0.15) is 0 Å². The van der Waals surface area contributed by atoms with E-state index in [1.165, 1.54) is 6.07 Å². The van der Waals surface area contributed by atoms with Crippen LogP contribution < -0.4 is 19.5 Å². The van der Waals surface area contributed by atoms with E-state index >= 15 is 0 Å². The molecule has 0 bridgehead atoms. The molecule has 0 aromatic heterocycles. The normalized spacial score (nSPS) is 14.7. The quantitative estimate of drug-likeness (QED) is 0.606. The molecule has 0 radical (unpaired) electrons. The number of fused-ring (bicyclic) bond motifs is 1. The monoisotopic (exact) mass is 446 g/mol. The van der Waals surface area contributed by atoms with E-state index in [9.17, 15) is 13.2 Å². The Morgan fingerprint density at radius 2 is 1.71 bits per heavy atom. The minimum atomic E-state index is -3.78. The lowest BCUT2D eigenvalue weighted by molar-refractivity contribution is -0.116.